The van der Waals surface area contributed by atoms with Crippen LogP contribution in [-0.2, 0) is 11.3 Å². The number of rotatable bonds is 11. The second kappa shape index (κ2) is 13.4. The molecule has 3 rings (SSSR count). The molecule has 0 bridgehead atoms. The average molecular weight is 518 g/mol. The maximum absolute atomic E-state index is 13.1. The Hall–Kier alpha value is -4.17. The SMILES string of the molecule is CC(C)(C)C[C@H](NC(=O)c1cccc(CNC(=O)c2ccc(OCCO)cc2)c1)C(=O)Nc1ccccc1. The van der Waals surface area contributed by atoms with Crippen molar-refractivity contribution in [2.75, 3.05) is 18.5 Å². The van der Waals surface area contributed by atoms with E-state index in [0.29, 0.717) is 29.0 Å². The molecule has 8 nitrogen and oxygen atoms in total. The molecule has 1 atom stereocenters. The molecule has 0 unspecified atom stereocenters. The molecule has 200 valence electrons. The Morgan fingerprint density at radius 3 is 2.24 bits per heavy atom. The van der Waals surface area contributed by atoms with E-state index in [1.165, 1.54) is 0 Å². The molecule has 0 heterocycles. The lowest BCUT2D eigenvalue weighted by Gasteiger charge is -2.26. The number of amides is 3. The Labute approximate surface area is 223 Å². The number of carbonyl (C=O) groups excluding carboxylic acids is 3. The third-order valence-corrected chi connectivity index (χ3v) is 5.60. The number of hydrogen-bond donors (Lipinski definition) is 4. The Kier molecular flexibility index (Phi) is 10.0. The van der Waals surface area contributed by atoms with Gasteiger partial charge in [0.1, 0.15) is 18.4 Å². The summed E-state index contributed by atoms with van der Waals surface area (Å²) < 4.78 is 5.31. The first kappa shape index (κ1) is 28.4. The minimum atomic E-state index is -0.726. The first-order valence-corrected chi connectivity index (χ1v) is 12.5. The number of carbonyl (C=O) groups is 3. The molecule has 0 saturated carbocycles. The number of ether oxygens (including phenoxy) is 1. The van der Waals surface area contributed by atoms with Crippen LogP contribution in [0.15, 0.2) is 78.9 Å². The maximum Gasteiger partial charge on any atom is 0.251 e. The van der Waals surface area contributed by atoms with Gasteiger partial charge in [0.25, 0.3) is 11.8 Å². The van der Waals surface area contributed by atoms with Crippen molar-refractivity contribution in [2.45, 2.75) is 39.8 Å². The Morgan fingerprint density at radius 2 is 1.58 bits per heavy atom. The Bertz CT molecular complexity index is 1220. The van der Waals surface area contributed by atoms with Crippen molar-refractivity contribution >= 4 is 23.4 Å². The molecular formula is C30H35N3O5. The van der Waals surface area contributed by atoms with Crippen LogP contribution in [0.2, 0.25) is 0 Å². The largest absolute Gasteiger partial charge is 0.491 e. The van der Waals surface area contributed by atoms with Gasteiger partial charge in [-0.25, -0.2) is 0 Å². The van der Waals surface area contributed by atoms with E-state index in [2.05, 4.69) is 16.0 Å². The second-order valence-electron chi connectivity index (χ2n) is 10.1. The molecule has 0 saturated heterocycles. The van der Waals surface area contributed by atoms with E-state index >= 15 is 0 Å². The zero-order valence-corrected chi connectivity index (χ0v) is 22.0. The van der Waals surface area contributed by atoms with Crippen LogP contribution < -0.4 is 20.7 Å². The molecular weight excluding hydrogens is 482 g/mol. The van der Waals surface area contributed by atoms with Crippen molar-refractivity contribution in [1.82, 2.24) is 10.6 Å². The summed E-state index contributed by atoms with van der Waals surface area (Å²) >= 11 is 0. The first-order valence-electron chi connectivity index (χ1n) is 12.5. The lowest BCUT2D eigenvalue weighted by atomic mass is 9.87. The summed E-state index contributed by atoms with van der Waals surface area (Å²) in [6, 6.07) is 21.9. The van der Waals surface area contributed by atoms with Gasteiger partial charge in [-0.3, -0.25) is 14.4 Å². The van der Waals surface area contributed by atoms with E-state index in [1.807, 2.05) is 45.0 Å². The van der Waals surface area contributed by atoms with E-state index in [0.717, 1.165) is 5.56 Å². The molecule has 0 aliphatic carbocycles. The van der Waals surface area contributed by atoms with Crippen LogP contribution >= 0.6 is 0 Å². The fourth-order valence-corrected chi connectivity index (χ4v) is 3.79. The van der Waals surface area contributed by atoms with Gasteiger partial charge in [0.15, 0.2) is 0 Å². The van der Waals surface area contributed by atoms with Gasteiger partial charge in [-0.2, -0.15) is 0 Å². The van der Waals surface area contributed by atoms with Crippen molar-refractivity contribution in [3.63, 3.8) is 0 Å². The summed E-state index contributed by atoms with van der Waals surface area (Å²) in [6.45, 7) is 6.37. The van der Waals surface area contributed by atoms with Crippen LogP contribution in [0.3, 0.4) is 0 Å². The van der Waals surface area contributed by atoms with Gasteiger partial charge in [0.2, 0.25) is 5.91 Å². The average Bonchev–Trinajstić information content (AvgIpc) is 2.90. The summed E-state index contributed by atoms with van der Waals surface area (Å²) in [7, 11) is 0. The van der Waals surface area contributed by atoms with Crippen LogP contribution in [0, 0.1) is 5.41 Å². The highest BCUT2D eigenvalue weighted by atomic mass is 16.5. The normalized spacial score (nSPS) is 11.8. The number of hydrogen-bond acceptors (Lipinski definition) is 5. The van der Waals surface area contributed by atoms with Gasteiger partial charge in [-0.15, -0.1) is 0 Å². The first-order chi connectivity index (χ1) is 18.1. The number of para-hydroxylation sites is 1. The summed E-state index contributed by atoms with van der Waals surface area (Å²) in [5, 5.41) is 17.4. The number of aliphatic hydroxyl groups excluding tert-OH is 1. The fourth-order valence-electron chi connectivity index (χ4n) is 3.79. The van der Waals surface area contributed by atoms with Crippen molar-refractivity contribution in [3.05, 3.63) is 95.6 Å². The standard InChI is InChI=1S/C30H35N3O5/c1-30(2,3)19-26(29(37)32-24-10-5-4-6-11-24)33-28(36)23-9-7-8-21(18-23)20-31-27(35)22-12-14-25(15-13-22)38-17-16-34/h4-15,18,26,34H,16-17,19-20H2,1-3H3,(H,31,35)(H,32,37)(H,33,36)/t26-/m0/s1. The van der Waals surface area contributed by atoms with Crippen molar-refractivity contribution < 1.29 is 24.2 Å². The van der Waals surface area contributed by atoms with E-state index < -0.39 is 6.04 Å². The van der Waals surface area contributed by atoms with Crippen LogP contribution in [-0.4, -0.2) is 42.1 Å². The van der Waals surface area contributed by atoms with Gasteiger partial charge in [0, 0.05) is 23.4 Å². The molecule has 0 radical (unpaired) electrons. The zero-order valence-electron chi connectivity index (χ0n) is 22.0. The molecule has 4 N–H and O–H groups in total. The quantitative estimate of drug-likeness (QED) is 0.305. The summed E-state index contributed by atoms with van der Waals surface area (Å²) in [5.41, 5.74) is 2.07. The predicted molar refractivity (Wildman–Crippen MR) is 147 cm³/mol. The fraction of sp³-hybridized carbons (Fsp3) is 0.300. The second-order valence-corrected chi connectivity index (χ2v) is 10.1. The minimum absolute atomic E-state index is 0.0859. The van der Waals surface area contributed by atoms with Crippen molar-refractivity contribution in [2.24, 2.45) is 5.41 Å². The van der Waals surface area contributed by atoms with Crippen molar-refractivity contribution in [3.8, 4) is 5.75 Å². The highest BCUT2D eigenvalue weighted by molar-refractivity contribution is 6.01. The van der Waals surface area contributed by atoms with Crippen LogP contribution in [0.4, 0.5) is 5.69 Å². The summed E-state index contributed by atoms with van der Waals surface area (Å²) in [4.78, 5) is 38.7. The van der Waals surface area contributed by atoms with E-state index in [4.69, 9.17) is 9.84 Å². The predicted octanol–water partition coefficient (Wildman–Crippen LogP) is 4.16. The molecule has 3 aromatic carbocycles. The number of aliphatic hydroxyl groups is 1. The molecule has 0 aliphatic heterocycles. The lowest BCUT2D eigenvalue weighted by Crippen LogP contribution is -2.45. The third kappa shape index (κ3) is 9.05. The Morgan fingerprint density at radius 1 is 0.868 bits per heavy atom. The third-order valence-electron chi connectivity index (χ3n) is 5.60. The molecule has 3 aromatic rings. The van der Waals surface area contributed by atoms with E-state index in [-0.39, 0.29) is 42.9 Å². The van der Waals surface area contributed by atoms with Gasteiger partial charge in [-0.1, -0.05) is 51.1 Å². The summed E-state index contributed by atoms with van der Waals surface area (Å²) in [6.07, 6.45) is 0.455. The molecule has 0 fully saturated rings. The number of nitrogens with one attached hydrogen (secondary N) is 3. The highest BCUT2D eigenvalue weighted by Crippen LogP contribution is 2.22. The zero-order chi connectivity index (χ0) is 27.5. The van der Waals surface area contributed by atoms with E-state index in [1.54, 1.807) is 54.6 Å². The lowest BCUT2D eigenvalue weighted by molar-refractivity contribution is -0.118. The van der Waals surface area contributed by atoms with Crippen molar-refractivity contribution in [1.29, 1.82) is 0 Å². The molecule has 8 heteroatoms. The number of anilines is 1. The highest BCUT2D eigenvalue weighted by Gasteiger charge is 2.27. The minimum Gasteiger partial charge on any atom is -0.491 e. The molecule has 38 heavy (non-hydrogen) atoms. The van der Waals surface area contributed by atoms with Crippen LogP contribution in [0.25, 0.3) is 0 Å². The molecule has 3 amide bonds. The molecule has 0 aromatic heterocycles. The van der Waals surface area contributed by atoms with E-state index in [9.17, 15) is 14.4 Å². The van der Waals surface area contributed by atoms with Gasteiger partial charge in [-0.05, 0) is 65.9 Å². The smallest absolute Gasteiger partial charge is 0.251 e. The van der Waals surface area contributed by atoms with Gasteiger partial charge < -0.3 is 25.8 Å². The summed E-state index contributed by atoms with van der Waals surface area (Å²) in [5.74, 6) is -0.349. The molecule has 0 aliphatic rings. The van der Waals surface area contributed by atoms with Gasteiger partial charge in [0.05, 0.1) is 6.61 Å². The van der Waals surface area contributed by atoms with Crippen LogP contribution in [0.1, 0.15) is 53.5 Å². The van der Waals surface area contributed by atoms with Gasteiger partial charge >= 0.3 is 0 Å². The molecule has 0 spiro atoms. The number of benzene rings is 3. The maximum atomic E-state index is 13.1. The Balaban J connectivity index is 1.63. The monoisotopic (exact) mass is 517 g/mol. The van der Waals surface area contributed by atoms with Crippen LogP contribution in [0.5, 0.6) is 5.75 Å². The topological polar surface area (TPSA) is 117 Å².